The lowest BCUT2D eigenvalue weighted by atomic mass is 10.1. The number of anilines is 1. The van der Waals surface area contributed by atoms with E-state index in [0.29, 0.717) is 11.7 Å². The van der Waals surface area contributed by atoms with Crippen molar-refractivity contribution in [2.24, 2.45) is 5.92 Å². The molecule has 0 bridgehead atoms. The second-order valence-corrected chi connectivity index (χ2v) is 4.03. The maximum Gasteiger partial charge on any atom is 0.224 e. The van der Waals surface area contributed by atoms with E-state index in [4.69, 9.17) is 18.0 Å². The Morgan fingerprint density at radius 1 is 1.47 bits per heavy atom. The van der Waals surface area contributed by atoms with E-state index in [9.17, 15) is 0 Å². The monoisotopic (exact) mass is 223 g/mol. The fraction of sp³-hybridized carbons (Fsp3) is 0.455. The molecule has 0 aromatic carbocycles. The summed E-state index contributed by atoms with van der Waals surface area (Å²) in [6.45, 7) is 5.96. The standard InChI is InChI=1S/C11H14ClN3/c1-5-9(7(2)3)14-10-6-8(4)13-11(12)15-10/h1,6-7,9H,2-4H3,(H,13,14,15). The number of aryl methyl sites for hydroxylation is 1. The van der Waals surface area contributed by atoms with Gasteiger partial charge in [-0.2, -0.15) is 0 Å². The smallest absolute Gasteiger partial charge is 0.224 e. The fourth-order valence-corrected chi connectivity index (χ4v) is 1.39. The summed E-state index contributed by atoms with van der Waals surface area (Å²) >= 11 is 5.74. The summed E-state index contributed by atoms with van der Waals surface area (Å²) in [4.78, 5) is 8.03. The maximum absolute atomic E-state index is 5.74. The number of rotatable bonds is 3. The van der Waals surface area contributed by atoms with Crippen molar-refractivity contribution < 1.29 is 0 Å². The normalized spacial score (nSPS) is 12.3. The lowest BCUT2D eigenvalue weighted by molar-refractivity contribution is 0.612. The summed E-state index contributed by atoms with van der Waals surface area (Å²) in [7, 11) is 0. The molecular formula is C11H14ClN3. The summed E-state index contributed by atoms with van der Waals surface area (Å²) in [5, 5.41) is 3.37. The fourth-order valence-electron chi connectivity index (χ4n) is 1.17. The van der Waals surface area contributed by atoms with Crippen molar-refractivity contribution in [3.8, 4) is 12.3 Å². The number of halogens is 1. The number of nitrogens with one attached hydrogen (secondary N) is 1. The van der Waals surface area contributed by atoms with E-state index in [1.54, 1.807) is 0 Å². The summed E-state index contributed by atoms with van der Waals surface area (Å²) in [5.74, 6) is 3.68. The molecule has 1 aromatic rings. The molecule has 1 aromatic heterocycles. The highest BCUT2D eigenvalue weighted by atomic mass is 35.5. The Labute approximate surface area is 95.3 Å². The van der Waals surface area contributed by atoms with Gasteiger partial charge >= 0.3 is 0 Å². The van der Waals surface area contributed by atoms with Crippen molar-refractivity contribution in [3.05, 3.63) is 17.0 Å². The van der Waals surface area contributed by atoms with Crippen molar-refractivity contribution in [1.82, 2.24) is 9.97 Å². The van der Waals surface area contributed by atoms with Gasteiger partial charge in [-0.15, -0.1) is 6.42 Å². The van der Waals surface area contributed by atoms with Gasteiger partial charge in [-0.25, -0.2) is 9.97 Å². The predicted octanol–water partition coefficient (Wildman–Crippen LogP) is 2.51. The largest absolute Gasteiger partial charge is 0.356 e. The van der Waals surface area contributed by atoms with E-state index >= 15 is 0 Å². The number of aromatic nitrogens is 2. The summed E-state index contributed by atoms with van der Waals surface area (Å²) < 4.78 is 0. The Hall–Kier alpha value is -1.27. The highest BCUT2D eigenvalue weighted by molar-refractivity contribution is 6.28. The van der Waals surface area contributed by atoms with Gasteiger partial charge in [0.25, 0.3) is 0 Å². The van der Waals surface area contributed by atoms with Crippen LogP contribution in [0.4, 0.5) is 5.82 Å². The third-order valence-corrected chi connectivity index (χ3v) is 2.15. The molecule has 0 aliphatic carbocycles. The molecule has 0 fully saturated rings. The van der Waals surface area contributed by atoms with E-state index in [0.717, 1.165) is 5.69 Å². The summed E-state index contributed by atoms with van der Waals surface area (Å²) in [5.41, 5.74) is 0.817. The quantitative estimate of drug-likeness (QED) is 0.632. The molecule has 0 aliphatic heterocycles. The molecule has 0 spiro atoms. The molecule has 80 valence electrons. The number of nitrogens with zero attached hydrogens (tertiary/aromatic N) is 2. The van der Waals surface area contributed by atoms with Gasteiger partial charge in [0.1, 0.15) is 5.82 Å². The van der Waals surface area contributed by atoms with E-state index in [-0.39, 0.29) is 11.3 Å². The molecule has 1 atom stereocenters. The van der Waals surface area contributed by atoms with Gasteiger partial charge in [0, 0.05) is 11.8 Å². The lowest BCUT2D eigenvalue weighted by Gasteiger charge is -2.17. The first-order chi connectivity index (χ1) is 7.02. The van der Waals surface area contributed by atoms with E-state index in [1.165, 1.54) is 0 Å². The van der Waals surface area contributed by atoms with Crippen LogP contribution in [-0.2, 0) is 0 Å². The minimum absolute atomic E-state index is 0.0460. The average molecular weight is 224 g/mol. The number of hydrogen-bond donors (Lipinski definition) is 1. The number of hydrogen-bond acceptors (Lipinski definition) is 3. The van der Waals surface area contributed by atoms with Crippen molar-refractivity contribution >= 4 is 17.4 Å². The van der Waals surface area contributed by atoms with Gasteiger partial charge < -0.3 is 5.32 Å². The molecule has 15 heavy (non-hydrogen) atoms. The van der Waals surface area contributed by atoms with Crippen LogP contribution >= 0.6 is 11.6 Å². The Morgan fingerprint density at radius 3 is 2.60 bits per heavy atom. The number of terminal acetylenes is 1. The van der Waals surface area contributed by atoms with E-state index < -0.39 is 0 Å². The average Bonchev–Trinajstić information content (AvgIpc) is 2.12. The van der Waals surface area contributed by atoms with Gasteiger partial charge in [0.05, 0.1) is 6.04 Å². The van der Waals surface area contributed by atoms with Gasteiger partial charge in [0.15, 0.2) is 0 Å². The first kappa shape index (κ1) is 11.8. The molecule has 0 aliphatic rings. The first-order valence-electron chi connectivity index (χ1n) is 4.76. The molecule has 0 saturated carbocycles. The molecule has 1 unspecified atom stereocenters. The van der Waals surface area contributed by atoms with Crippen LogP contribution in [0.3, 0.4) is 0 Å². The SMILES string of the molecule is C#CC(Nc1cc(C)nc(Cl)n1)C(C)C. The minimum Gasteiger partial charge on any atom is -0.356 e. The summed E-state index contributed by atoms with van der Waals surface area (Å²) in [6, 6.07) is 1.77. The molecular weight excluding hydrogens is 210 g/mol. The summed E-state index contributed by atoms with van der Waals surface area (Å²) in [6.07, 6.45) is 5.41. The van der Waals surface area contributed by atoms with Crippen molar-refractivity contribution in [1.29, 1.82) is 0 Å². The molecule has 0 saturated heterocycles. The van der Waals surface area contributed by atoms with Crippen LogP contribution in [0, 0.1) is 25.2 Å². The maximum atomic E-state index is 5.74. The van der Waals surface area contributed by atoms with Crippen molar-refractivity contribution in [2.75, 3.05) is 5.32 Å². The molecule has 0 radical (unpaired) electrons. The third-order valence-electron chi connectivity index (χ3n) is 1.98. The van der Waals surface area contributed by atoms with Crippen LogP contribution in [0.25, 0.3) is 0 Å². The van der Waals surface area contributed by atoms with Gasteiger partial charge in [-0.1, -0.05) is 19.8 Å². The zero-order valence-electron chi connectivity index (χ0n) is 9.08. The van der Waals surface area contributed by atoms with Crippen molar-refractivity contribution in [2.45, 2.75) is 26.8 Å². The zero-order valence-corrected chi connectivity index (χ0v) is 9.84. The topological polar surface area (TPSA) is 37.8 Å². The second-order valence-electron chi connectivity index (χ2n) is 3.70. The molecule has 1 N–H and O–H groups in total. The molecule has 1 rings (SSSR count). The third kappa shape index (κ3) is 3.41. The first-order valence-corrected chi connectivity index (χ1v) is 5.14. The van der Waals surface area contributed by atoms with Crippen LogP contribution in [0.15, 0.2) is 6.07 Å². The highest BCUT2D eigenvalue weighted by Crippen LogP contribution is 2.13. The van der Waals surface area contributed by atoms with Crippen LogP contribution < -0.4 is 5.32 Å². The Morgan fingerprint density at radius 2 is 2.13 bits per heavy atom. The highest BCUT2D eigenvalue weighted by Gasteiger charge is 2.10. The van der Waals surface area contributed by atoms with Crippen LogP contribution in [0.1, 0.15) is 19.5 Å². The van der Waals surface area contributed by atoms with Crippen LogP contribution in [0.5, 0.6) is 0 Å². The van der Waals surface area contributed by atoms with E-state index in [1.807, 2.05) is 26.8 Å². The second kappa shape index (κ2) is 4.99. The van der Waals surface area contributed by atoms with Crippen LogP contribution in [0.2, 0.25) is 5.28 Å². The molecule has 1 heterocycles. The molecule has 3 nitrogen and oxygen atoms in total. The molecule has 0 amide bonds. The Kier molecular flexibility index (Phi) is 3.93. The van der Waals surface area contributed by atoms with Crippen LogP contribution in [-0.4, -0.2) is 16.0 Å². The Bertz CT molecular complexity index is 362. The van der Waals surface area contributed by atoms with Crippen molar-refractivity contribution in [3.63, 3.8) is 0 Å². The van der Waals surface area contributed by atoms with Gasteiger partial charge in [-0.05, 0) is 24.4 Å². The Balaban J connectivity index is 2.85. The zero-order chi connectivity index (χ0) is 11.4. The minimum atomic E-state index is -0.0460. The molecule has 4 heteroatoms. The van der Waals surface area contributed by atoms with Gasteiger partial charge in [-0.3, -0.25) is 0 Å². The van der Waals surface area contributed by atoms with Gasteiger partial charge in [0.2, 0.25) is 5.28 Å². The lowest BCUT2D eigenvalue weighted by Crippen LogP contribution is -2.24. The predicted molar refractivity (Wildman–Crippen MR) is 62.9 cm³/mol. The van der Waals surface area contributed by atoms with E-state index in [2.05, 4.69) is 21.2 Å².